The number of amides is 1. The topological polar surface area (TPSA) is 58.4 Å². The number of carbonyl (C=O) groups is 1. The highest BCUT2D eigenvalue weighted by atomic mass is 16.5. The van der Waals surface area contributed by atoms with E-state index in [0.717, 1.165) is 13.1 Å². The molecule has 5 nitrogen and oxygen atoms in total. The van der Waals surface area contributed by atoms with E-state index in [9.17, 15) is 4.79 Å². The second-order valence-corrected chi connectivity index (χ2v) is 5.56. The molecule has 1 saturated heterocycles. The van der Waals surface area contributed by atoms with Crippen LogP contribution >= 0.6 is 0 Å². The second kappa shape index (κ2) is 6.10. The SMILES string of the molecule is CC#Cc1cc(C(=O)N[C@@H]2CN(C(C)C)C[C@@H]2C)no1. The highest BCUT2D eigenvalue weighted by molar-refractivity contribution is 5.92. The van der Waals surface area contributed by atoms with Crippen molar-refractivity contribution in [1.82, 2.24) is 15.4 Å². The lowest BCUT2D eigenvalue weighted by atomic mass is 10.1. The predicted octanol–water partition coefficient (Wildman–Crippen LogP) is 1.50. The number of aromatic nitrogens is 1. The van der Waals surface area contributed by atoms with E-state index in [-0.39, 0.29) is 17.6 Å². The number of carbonyl (C=O) groups excluding carboxylic acids is 1. The Balaban J connectivity index is 1.98. The fraction of sp³-hybridized carbons (Fsp3) is 0.600. The Morgan fingerprint density at radius 2 is 2.30 bits per heavy atom. The van der Waals surface area contributed by atoms with Crippen LogP contribution in [0.2, 0.25) is 0 Å². The van der Waals surface area contributed by atoms with Crippen LogP contribution in [0.4, 0.5) is 0 Å². The Labute approximate surface area is 119 Å². The van der Waals surface area contributed by atoms with Gasteiger partial charge in [0.1, 0.15) is 0 Å². The first kappa shape index (κ1) is 14.6. The Morgan fingerprint density at radius 3 is 2.90 bits per heavy atom. The van der Waals surface area contributed by atoms with Gasteiger partial charge >= 0.3 is 0 Å². The van der Waals surface area contributed by atoms with E-state index in [1.54, 1.807) is 13.0 Å². The quantitative estimate of drug-likeness (QED) is 0.849. The van der Waals surface area contributed by atoms with Crippen molar-refractivity contribution < 1.29 is 9.32 Å². The van der Waals surface area contributed by atoms with Crippen LogP contribution < -0.4 is 5.32 Å². The van der Waals surface area contributed by atoms with Gasteiger partial charge in [-0.25, -0.2) is 0 Å². The van der Waals surface area contributed by atoms with Crippen molar-refractivity contribution in [3.63, 3.8) is 0 Å². The molecule has 2 atom stereocenters. The summed E-state index contributed by atoms with van der Waals surface area (Å²) >= 11 is 0. The summed E-state index contributed by atoms with van der Waals surface area (Å²) in [6, 6.07) is 2.23. The summed E-state index contributed by atoms with van der Waals surface area (Å²) in [6.07, 6.45) is 0. The molecule has 1 aromatic heterocycles. The van der Waals surface area contributed by atoms with E-state index >= 15 is 0 Å². The lowest BCUT2D eigenvalue weighted by molar-refractivity contribution is 0.0921. The molecule has 0 bridgehead atoms. The van der Waals surface area contributed by atoms with Crippen LogP contribution in [0.25, 0.3) is 0 Å². The summed E-state index contributed by atoms with van der Waals surface area (Å²) in [5.41, 5.74) is 0.290. The average Bonchev–Trinajstić information content (AvgIpc) is 2.98. The van der Waals surface area contributed by atoms with E-state index in [4.69, 9.17) is 4.52 Å². The number of likely N-dealkylation sites (tertiary alicyclic amines) is 1. The van der Waals surface area contributed by atoms with Crippen molar-refractivity contribution in [2.75, 3.05) is 13.1 Å². The summed E-state index contributed by atoms with van der Waals surface area (Å²) in [5.74, 6) is 6.11. The fourth-order valence-electron chi connectivity index (χ4n) is 2.42. The van der Waals surface area contributed by atoms with Crippen molar-refractivity contribution in [3.8, 4) is 11.8 Å². The molecule has 0 aromatic carbocycles. The third-order valence-electron chi connectivity index (χ3n) is 3.68. The van der Waals surface area contributed by atoms with Crippen LogP contribution in [0.5, 0.6) is 0 Å². The molecular formula is C15H21N3O2. The van der Waals surface area contributed by atoms with Gasteiger partial charge < -0.3 is 9.84 Å². The van der Waals surface area contributed by atoms with Gasteiger partial charge in [0.2, 0.25) is 5.76 Å². The van der Waals surface area contributed by atoms with Gasteiger partial charge in [-0.15, -0.1) is 0 Å². The number of hydrogen-bond donors (Lipinski definition) is 1. The zero-order valence-electron chi connectivity index (χ0n) is 12.4. The van der Waals surface area contributed by atoms with E-state index in [1.807, 2.05) is 0 Å². The van der Waals surface area contributed by atoms with Crippen LogP contribution in [0.3, 0.4) is 0 Å². The number of nitrogens with zero attached hydrogens (tertiary/aromatic N) is 2. The lowest BCUT2D eigenvalue weighted by Gasteiger charge is -2.20. The van der Waals surface area contributed by atoms with Crippen LogP contribution in [-0.2, 0) is 0 Å². The third kappa shape index (κ3) is 3.20. The predicted molar refractivity (Wildman–Crippen MR) is 76.2 cm³/mol. The van der Waals surface area contributed by atoms with Gasteiger partial charge in [-0.3, -0.25) is 9.69 Å². The minimum absolute atomic E-state index is 0.155. The molecule has 0 radical (unpaired) electrons. The molecule has 1 aromatic rings. The minimum atomic E-state index is -0.194. The van der Waals surface area contributed by atoms with Crippen molar-refractivity contribution in [3.05, 3.63) is 17.5 Å². The first-order valence-corrected chi connectivity index (χ1v) is 6.95. The van der Waals surface area contributed by atoms with E-state index in [0.29, 0.717) is 17.7 Å². The lowest BCUT2D eigenvalue weighted by Crippen LogP contribution is -2.40. The highest BCUT2D eigenvalue weighted by Crippen LogP contribution is 2.19. The highest BCUT2D eigenvalue weighted by Gasteiger charge is 2.32. The summed E-state index contributed by atoms with van der Waals surface area (Å²) in [5, 5.41) is 6.79. The molecule has 1 amide bonds. The zero-order valence-corrected chi connectivity index (χ0v) is 12.4. The Hall–Kier alpha value is -1.80. The number of nitrogens with one attached hydrogen (secondary N) is 1. The normalized spacial score (nSPS) is 22.6. The van der Waals surface area contributed by atoms with Gasteiger partial charge in [0.15, 0.2) is 5.69 Å². The third-order valence-corrected chi connectivity index (χ3v) is 3.68. The van der Waals surface area contributed by atoms with E-state index < -0.39 is 0 Å². The van der Waals surface area contributed by atoms with E-state index in [1.165, 1.54) is 0 Å². The molecule has 0 spiro atoms. The Kier molecular flexibility index (Phi) is 4.46. The van der Waals surface area contributed by atoms with Gasteiger partial charge in [-0.1, -0.05) is 18.0 Å². The fourth-order valence-corrected chi connectivity index (χ4v) is 2.42. The minimum Gasteiger partial charge on any atom is -0.347 e. The first-order valence-electron chi connectivity index (χ1n) is 6.95. The first-order chi connectivity index (χ1) is 9.51. The molecule has 5 heteroatoms. The van der Waals surface area contributed by atoms with Gasteiger partial charge in [-0.05, 0) is 32.6 Å². The van der Waals surface area contributed by atoms with Crippen LogP contribution in [0, 0.1) is 17.8 Å². The maximum atomic E-state index is 12.1. The van der Waals surface area contributed by atoms with Crippen LogP contribution in [0.1, 0.15) is 43.9 Å². The standard InChI is InChI=1S/C15H21N3O2/c1-5-6-12-7-13(17-20-12)15(19)16-14-9-18(10(2)3)8-11(14)4/h7,10-11,14H,8-9H2,1-4H3,(H,16,19)/t11-,14+/m0/s1. The largest absolute Gasteiger partial charge is 0.347 e. The molecule has 1 N–H and O–H groups in total. The number of rotatable bonds is 3. The molecular weight excluding hydrogens is 254 g/mol. The van der Waals surface area contributed by atoms with Gasteiger partial charge in [0, 0.05) is 31.2 Å². The average molecular weight is 275 g/mol. The summed E-state index contributed by atoms with van der Waals surface area (Å²) in [4.78, 5) is 14.5. The molecule has 1 aliphatic heterocycles. The molecule has 0 aliphatic carbocycles. The van der Waals surface area contributed by atoms with Crippen molar-refractivity contribution in [2.45, 2.75) is 39.8 Å². The summed E-state index contributed by atoms with van der Waals surface area (Å²) in [7, 11) is 0. The molecule has 0 unspecified atom stereocenters. The molecule has 1 fully saturated rings. The van der Waals surface area contributed by atoms with E-state index in [2.05, 4.69) is 48.0 Å². The summed E-state index contributed by atoms with van der Waals surface area (Å²) in [6.45, 7) is 10.1. The van der Waals surface area contributed by atoms with Gasteiger partial charge in [0.05, 0.1) is 0 Å². The van der Waals surface area contributed by atoms with Crippen LogP contribution in [-0.4, -0.2) is 41.1 Å². The number of hydrogen-bond acceptors (Lipinski definition) is 4. The molecule has 2 rings (SSSR count). The maximum Gasteiger partial charge on any atom is 0.273 e. The molecule has 1 aliphatic rings. The summed E-state index contributed by atoms with van der Waals surface area (Å²) < 4.78 is 4.98. The smallest absolute Gasteiger partial charge is 0.273 e. The van der Waals surface area contributed by atoms with Crippen molar-refractivity contribution >= 4 is 5.91 Å². The molecule has 2 heterocycles. The Bertz CT molecular complexity index is 539. The van der Waals surface area contributed by atoms with Gasteiger partial charge in [-0.2, -0.15) is 0 Å². The second-order valence-electron chi connectivity index (χ2n) is 5.56. The Morgan fingerprint density at radius 1 is 1.55 bits per heavy atom. The monoisotopic (exact) mass is 275 g/mol. The van der Waals surface area contributed by atoms with Crippen LogP contribution in [0.15, 0.2) is 10.6 Å². The van der Waals surface area contributed by atoms with Crippen molar-refractivity contribution in [2.24, 2.45) is 5.92 Å². The molecule has 20 heavy (non-hydrogen) atoms. The zero-order chi connectivity index (χ0) is 14.7. The van der Waals surface area contributed by atoms with Crippen molar-refractivity contribution in [1.29, 1.82) is 0 Å². The molecule has 108 valence electrons. The van der Waals surface area contributed by atoms with Gasteiger partial charge in [0.25, 0.3) is 5.91 Å². The molecule has 0 saturated carbocycles. The maximum absolute atomic E-state index is 12.1.